The zero-order valence-corrected chi connectivity index (χ0v) is 10.2. The minimum atomic E-state index is 0.169. The number of rotatable bonds is 3. The van der Waals surface area contributed by atoms with E-state index < -0.39 is 0 Å². The van der Waals surface area contributed by atoms with Gasteiger partial charge in [0.25, 0.3) is 0 Å². The maximum Gasteiger partial charge on any atom is 0.145 e. The summed E-state index contributed by atoms with van der Waals surface area (Å²) in [6, 6.07) is 0. The fraction of sp³-hybridized carbons (Fsp3) is 0.533. The Morgan fingerprint density at radius 1 is 1.50 bits per heavy atom. The molecule has 0 radical (unpaired) electrons. The van der Waals surface area contributed by atoms with Gasteiger partial charge >= 0.3 is 0 Å². The summed E-state index contributed by atoms with van der Waals surface area (Å²) in [5.74, 6) is 1.52. The first-order valence-electron chi connectivity index (χ1n) is 6.08. The Morgan fingerprint density at radius 2 is 2.25 bits per heavy atom. The number of fused-ring (bicyclic) bond motifs is 2. The third-order valence-electron chi connectivity index (χ3n) is 4.45. The fourth-order valence-corrected chi connectivity index (χ4v) is 3.23. The molecule has 0 spiro atoms. The van der Waals surface area contributed by atoms with Crippen LogP contribution >= 0.6 is 0 Å². The summed E-state index contributed by atoms with van der Waals surface area (Å²) >= 11 is 0. The zero-order valence-electron chi connectivity index (χ0n) is 10.2. The molecule has 2 rings (SSSR count). The van der Waals surface area contributed by atoms with Crippen molar-refractivity contribution in [3.63, 3.8) is 0 Å². The Hall–Kier alpha value is -1.11. The van der Waals surface area contributed by atoms with E-state index in [2.05, 4.69) is 19.6 Å². The third kappa shape index (κ3) is 1.68. The van der Waals surface area contributed by atoms with Crippen molar-refractivity contribution in [3.8, 4) is 0 Å². The largest absolute Gasteiger partial charge is 0.298 e. The molecule has 1 heteroatoms. The molecule has 3 atom stereocenters. The van der Waals surface area contributed by atoms with Crippen molar-refractivity contribution in [3.05, 3.63) is 36.0 Å². The molecule has 0 saturated heterocycles. The van der Waals surface area contributed by atoms with Gasteiger partial charge in [-0.05, 0) is 43.6 Å². The molecule has 3 unspecified atom stereocenters. The summed E-state index contributed by atoms with van der Waals surface area (Å²) < 4.78 is 0. The average molecular weight is 216 g/mol. The Balaban J connectivity index is 2.15. The Bertz CT molecular complexity index is 375. The monoisotopic (exact) mass is 216 g/mol. The van der Waals surface area contributed by atoms with Gasteiger partial charge < -0.3 is 0 Å². The highest BCUT2D eigenvalue weighted by Gasteiger charge is 2.49. The SMILES string of the molecule is C=C1C2CCC(C2)C1(C)C=CC=C(C)C=O. The number of hydrogen-bond donors (Lipinski definition) is 0. The predicted octanol–water partition coefficient (Wildman–Crippen LogP) is 3.68. The van der Waals surface area contributed by atoms with Gasteiger partial charge in [0.15, 0.2) is 0 Å². The van der Waals surface area contributed by atoms with Crippen LogP contribution in [0.15, 0.2) is 36.0 Å². The van der Waals surface area contributed by atoms with Crippen LogP contribution in [-0.2, 0) is 4.79 Å². The average Bonchev–Trinajstić information content (AvgIpc) is 2.83. The molecular weight excluding hydrogens is 196 g/mol. The van der Waals surface area contributed by atoms with E-state index in [1.54, 1.807) is 0 Å². The van der Waals surface area contributed by atoms with Crippen LogP contribution in [0.4, 0.5) is 0 Å². The Labute approximate surface area is 97.9 Å². The van der Waals surface area contributed by atoms with Crippen molar-refractivity contribution in [1.29, 1.82) is 0 Å². The summed E-state index contributed by atoms with van der Waals surface area (Å²) in [6.07, 6.45) is 11.0. The normalized spacial score (nSPS) is 38.6. The summed E-state index contributed by atoms with van der Waals surface area (Å²) in [6.45, 7) is 8.39. The number of carbonyl (C=O) groups is 1. The van der Waals surface area contributed by atoms with Crippen molar-refractivity contribution in [1.82, 2.24) is 0 Å². The van der Waals surface area contributed by atoms with Crippen molar-refractivity contribution < 1.29 is 4.79 Å². The van der Waals surface area contributed by atoms with Gasteiger partial charge in [0.2, 0.25) is 0 Å². The van der Waals surface area contributed by atoms with Crippen LogP contribution < -0.4 is 0 Å². The van der Waals surface area contributed by atoms with E-state index in [-0.39, 0.29) is 5.41 Å². The third-order valence-corrected chi connectivity index (χ3v) is 4.45. The lowest BCUT2D eigenvalue weighted by Crippen LogP contribution is -2.23. The number of allylic oxidation sites excluding steroid dienone is 5. The van der Waals surface area contributed by atoms with E-state index in [9.17, 15) is 4.79 Å². The molecule has 16 heavy (non-hydrogen) atoms. The van der Waals surface area contributed by atoms with Crippen molar-refractivity contribution in [2.45, 2.75) is 33.1 Å². The molecule has 86 valence electrons. The van der Waals surface area contributed by atoms with Gasteiger partial charge in [0.05, 0.1) is 0 Å². The number of aldehydes is 1. The van der Waals surface area contributed by atoms with Gasteiger partial charge in [-0.2, -0.15) is 0 Å². The lowest BCUT2D eigenvalue weighted by Gasteiger charge is -2.33. The van der Waals surface area contributed by atoms with Gasteiger partial charge in [-0.25, -0.2) is 0 Å². The lowest BCUT2D eigenvalue weighted by atomic mass is 9.71. The van der Waals surface area contributed by atoms with E-state index in [0.29, 0.717) is 0 Å². The second-order valence-corrected chi connectivity index (χ2v) is 5.40. The first-order valence-corrected chi connectivity index (χ1v) is 6.08. The fourth-order valence-electron chi connectivity index (χ4n) is 3.23. The van der Waals surface area contributed by atoms with Crippen LogP contribution in [-0.4, -0.2) is 6.29 Å². The molecule has 2 bridgehead atoms. The first-order chi connectivity index (χ1) is 7.58. The smallest absolute Gasteiger partial charge is 0.145 e. The van der Waals surface area contributed by atoms with Crippen LogP contribution in [0.3, 0.4) is 0 Å². The first kappa shape index (κ1) is 11.4. The van der Waals surface area contributed by atoms with Crippen LogP contribution in [0.25, 0.3) is 0 Å². The molecule has 0 heterocycles. The van der Waals surface area contributed by atoms with E-state index in [0.717, 1.165) is 23.7 Å². The minimum Gasteiger partial charge on any atom is -0.298 e. The van der Waals surface area contributed by atoms with E-state index in [4.69, 9.17) is 0 Å². The summed E-state index contributed by atoms with van der Waals surface area (Å²) in [5, 5.41) is 0. The Morgan fingerprint density at radius 3 is 2.81 bits per heavy atom. The number of carbonyl (C=O) groups excluding carboxylic acids is 1. The molecule has 2 aliphatic carbocycles. The predicted molar refractivity (Wildman–Crippen MR) is 67.0 cm³/mol. The molecule has 0 N–H and O–H groups in total. The molecule has 1 nitrogen and oxygen atoms in total. The molecular formula is C15H20O. The molecule has 0 aromatic carbocycles. The standard InChI is InChI=1S/C15H20O/c1-11(10-16)5-4-8-15(3)12(2)13-6-7-14(15)9-13/h4-5,8,10,13-14H,2,6-7,9H2,1,3H3. The van der Waals surface area contributed by atoms with Crippen LogP contribution in [0, 0.1) is 17.3 Å². The highest BCUT2D eigenvalue weighted by atomic mass is 16.1. The quantitative estimate of drug-likeness (QED) is 0.304. The lowest BCUT2D eigenvalue weighted by molar-refractivity contribution is -0.104. The van der Waals surface area contributed by atoms with E-state index in [1.165, 1.54) is 24.8 Å². The molecule has 0 aromatic rings. The molecule has 2 saturated carbocycles. The molecule has 0 aliphatic heterocycles. The van der Waals surface area contributed by atoms with Gasteiger partial charge in [0.1, 0.15) is 6.29 Å². The maximum absolute atomic E-state index is 10.5. The summed E-state index contributed by atoms with van der Waals surface area (Å²) in [7, 11) is 0. The van der Waals surface area contributed by atoms with Crippen molar-refractivity contribution in [2.24, 2.45) is 17.3 Å². The molecule has 0 amide bonds. The zero-order chi connectivity index (χ0) is 11.8. The molecule has 0 aromatic heterocycles. The van der Waals surface area contributed by atoms with E-state index >= 15 is 0 Å². The van der Waals surface area contributed by atoms with Gasteiger partial charge in [-0.3, -0.25) is 4.79 Å². The van der Waals surface area contributed by atoms with Crippen LogP contribution in [0.1, 0.15) is 33.1 Å². The second kappa shape index (κ2) is 4.04. The highest BCUT2D eigenvalue weighted by molar-refractivity contribution is 5.72. The Kier molecular flexibility index (Phi) is 2.88. The van der Waals surface area contributed by atoms with Crippen molar-refractivity contribution in [2.75, 3.05) is 0 Å². The summed E-state index contributed by atoms with van der Waals surface area (Å²) in [5.41, 5.74) is 2.34. The highest BCUT2D eigenvalue weighted by Crippen LogP contribution is 2.59. The second-order valence-electron chi connectivity index (χ2n) is 5.40. The van der Waals surface area contributed by atoms with Crippen LogP contribution in [0.2, 0.25) is 0 Å². The minimum absolute atomic E-state index is 0.169. The van der Waals surface area contributed by atoms with Gasteiger partial charge in [0, 0.05) is 5.41 Å². The van der Waals surface area contributed by atoms with Gasteiger partial charge in [-0.1, -0.05) is 37.3 Å². The molecule has 2 aliphatic rings. The topological polar surface area (TPSA) is 17.1 Å². The number of hydrogen-bond acceptors (Lipinski definition) is 1. The molecule has 2 fully saturated rings. The van der Waals surface area contributed by atoms with Crippen LogP contribution in [0.5, 0.6) is 0 Å². The van der Waals surface area contributed by atoms with Crippen molar-refractivity contribution >= 4 is 6.29 Å². The maximum atomic E-state index is 10.5. The van der Waals surface area contributed by atoms with E-state index in [1.807, 2.05) is 19.1 Å². The van der Waals surface area contributed by atoms with Gasteiger partial charge in [-0.15, -0.1) is 0 Å². The summed E-state index contributed by atoms with van der Waals surface area (Å²) in [4.78, 5) is 10.5.